The number of nitrogens with one attached hydrogen (secondary N) is 1. The number of aromatic nitrogens is 2. The molecule has 0 bridgehead atoms. The number of piperidine rings is 1. The number of ether oxygens (including phenoxy) is 1. The van der Waals surface area contributed by atoms with E-state index in [2.05, 4.69) is 9.88 Å². The van der Waals surface area contributed by atoms with Crippen molar-refractivity contribution in [3.8, 4) is 5.75 Å². The van der Waals surface area contributed by atoms with Crippen LogP contribution in [0.5, 0.6) is 5.75 Å². The maximum absolute atomic E-state index is 13.0. The van der Waals surface area contributed by atoms with E-state index in [-0.39, 0.29) is 22.6 Å². The van der Waals surface area contributed by atoms with Crippen LogP contribution in [0.2, 0.25) is 0 Å². The lowest BCUT2D eigenvalue weighted by atomic mass is 9.76. The molecule has 2 saturated heterocycles. The summed E-state index contributed by atoms with van der Waals surface area (Å²) in [4.78, 5) is 37.6. The Balaban J connectivity index is 1.36. The number of rotatable bonds is 2. The molecule has 1 spiro atoms. The number of anilines is 1. The fraction of sp³-hybridized carbons (Fsp3) is 0.522. The Morgan fingerprint density at radius 3 is 2.61 bits per heavy atom. The number of likely N-dealkylation sites (tertiary alicyclic amines) is 1. The van der Waals surface area contributed by atoms with Gasteiger partial charge < -0.3 is 19.6 Å². The molecule has 1 amide bonds. The molecule has 31 heavy (non-hydrogen) atoms. The molecule has 0 unspecified atom stereocenters. The van der Waals surface area contributed by atoms with Crippen molar-refractivity contribution in [2.24, 2.45) is 0 Å². The minimum atomic E-state index is -0.142. The molecule has 5 rings (SSSR count). The van der Waals surface area contributed by atoms with Crippen LogP contribution in [0, 0.1) is 6.92 Å². The van der Waals surface area contributed by atoms with E-state index in [4.69, 9.17) is 9.72 Å². The maximum Gasteiger partial charge on any atom is 0.255 e. The fourth-order valence-corrected chi connectivity index (χ4v) is 5.11. The number of fused-ring (bicyclic) bond motifs is 2. The molecule has 1 aromatic heterocycles. The van der Waals surface area contributed by atoms with Crippen LogP contribution in [-0.4, -0.2) is 65.3 Å². The van der Waals surface area contributed by atoms with Crippen LogP contribution < -0.4 is 10.5 Å². The Morgan fingerprint density at radius 2 is 1.90 bits per heavy atom. The van der Waals surface area contributed by atoms with Gasteiger partial charge >= 0.3 is 0 Å². The molecule has 0 atom stereocenters. The second-order valence-corrected chi connectivity index (χ2v) is 8.89. The van der Waals surface area contributed by atoms with Crippen molar-refractivity contribution < 1.29 is 14.6 Å². The van der Waals surface area contributed by atoms with Crippen LogP contribution in [-0.2, 0) is 16.6 Å². The third-order valence-electron chi connectivity index (χ3n) is 7.13. The number of aryl methyl sites for hydroxylation is 1. The van der Waals surface area contributed by atoms with Crippen LogP contribution in [0.25, 0.3) is 0 Å². The van der Waals surface area contributed by atoms with Crippen molar-refractivity contribution in [1.29, 1.82) is 0 Å². The number of aromatic amines is 1. The van der Waals surface area contributed by atoms with Crippen LogP contribution in [0.1, 0.15) is 46.4 Å². The van der Waals surface area contributed by atoms with Gasteiger partial charge in [-0.1, -0.05) is 6.07 Å². The number of aromatic hydroxyl groups is 1. The Bertz CT molecular complexity index is 1070. The summed E-state index contributed by atoms with van der Waals surface area (Å²) in [6.07, 6.45) is 3.23. The van der Waals surface area contributed by atoms with Gasteiger partial charge in [-0.2, -0.15) is 0 Å². The summed E-state index contributed by atoms with van der Waals surface area (Å²) in [5, 5.41) is 9.96. The van der Waals surface area contributed by atoms with Crippen LogP contribution >= 0.6 is 0 Å². The molecule has 0 saturated carbocycles. The minimum absolute atomic E-state index is 0.0306. The number of hydrogen-bond acceptors (Lipinski definition) is 6. The van der Waals surface area contributed by atoms with Gasteiger partial charge in [0.05, 0.1) is 18.9 Å². The number of nitrogens with zero attached hydrogens (tertiary/aromatic N) is 3. The molecule has 8 heteroatoms. The number of carbonyl (C=O) groups excluding carboxylic acids is 1. The van der Waals surface area contributed by atoms with E-state index in [1.807, 2.05) is 11.8 Å². The number of carbonyl (C=O) groups is 1. The number of benzene rings is 1. The summed E-state index contributed by atoms with van der Waals surface area (Å²) in [6.45, 7) is 5.77. The lowest BCUT2D eigenvalue weighted by Crippen LogP contribution is -2.45. The van der Waals surface area contributed by atoms with E-state index in [0.29, 0.717) is 37.8 Å². The first kappa shape index (κ1) is 20.1. The van der Waals surface area contributed by atoms with Crippen LogP contribution in [0.15, 0.2) is 23.0 Å². The predicted octanol–water partition coefficient (Wildman–Crippen LogP) is 1.74. The van der Waals surface area contributed by atoms with Gasteiger partial charge in [-0.05, 0) is 50.3 Å². The van der Waals surface area contributed by atoms with Gasteiger partial charge in [0.2, 0.25) is 5.95 Å². The first-order valence-electron chi connectivity index (χ1n) is 11.0. The standard InChI is InChI=1S/C23H28N4O4/c1-15-2-3-16(14-18(15)28)21(30)26-8-6-23(7-9-26)5-4-17-19(23)24-22(25-20(17)29)27-10-12-31-13-11-27/h2-3,14,28H,4-13H2,1H3,(H,24,25,29). The number of hydrogen-bond donors (Lipinski definition) is 2. The zero-order valence-corrected chi connectivity index (χ0v) is 17.8. The molecule has 1 aliphatic carbocycles. The van der Waals surface area contributed by atoms with E-state index in [0.717, 1.165) is 55.6 Å². The van der Waals surface area contributed by atoms with Crippen LogP contribution in [0.4, 0.5) is 5.95 Å². The smallest absolute Gasteiger partial charge is 0.255 e. The van der Waals surface area contributed by atoms with Crippen molar-refractivity contribution in [3.63, 3.8) is 0 Å². The van der Waals surface area contributed by atoms with Crippen molar-refractivity contribution in [3.05, 3.63) is 50.9 Å². The number of morpholine rings is 1. The zero-order valence-electron chi connectivity index (χ0n) is 17.8. The highest BCUT2D eigenvalue weighted by molar-refractivity contribution is 5.94. The molecule has 0 radical (unpaired) electrons. The molecule has 2 aliphatic heterocycles. The Labute approximate surface area is 180 Å². The molecule has 2 aromatic rings. The third kappa shape index (κ3) is 3.48. The van der Waals surface area contributed by atoms with Gasteiger partial charge in [0.25, 0.3) is 11.5 Å². The molecule has 164 valence electrons. The van der Waals surface area contributed by atoms with Gasteiger partial charge in [0, 0.05) is 42.7 Å². The van der Waals surface area contributed by atoms with Gasteiger partial charge in [-0.25, -0.2) is 4.98 Å². The van der Waals surface area contributed by atoms with E-state index < -0.39 is 0 Å². The Morgan fingerprint density at radius 1 is 1.16 bits per heavy atom. The summed E-state index contributed by atoms with van der Waals surface area (Å²) in [6, 6.07) is 5.08. The van der Waals surface area contributed by atoms with Gasteiger partial charge in [0.15, 0.2) is 0 Å². The first-order chi connectivity index (χ1) is 15.0. The number of amides is 1. The lowest BCUT2D eigenvalue weighted by molar-refractivity contribution is 0.0663. The summed E-state index contributed by atoms with van der Waals surface area (Å²) in [7, 11) is 0. The van der Waals surface area contributed by atoms with Crippen molar-refractivity contribution in [2.75, 3.05) is 44.3 Å². The quantitative estimate of drug-likeness (QED) is 0.762. The predicted molar refractivity (Wildman–Crippen MR) is 116 cm³/mol. The Kier molecular flexibility index (Phi) is 4.97. The number of phenolic OH excluding ortho intramolecular Hbond substituents is 1. The van der Waals surface area contributed by atoms with E-state index >= 15 is 0 Å². The first-order valence-corrected chi connectivity index (χ1v) is 11.0. The topological polar surface area (TPSA) is 98.8 Å². The number of H-pyrrole nitrogens is 1. The number of phenols is 1. The average molecular weight is 425 g/mol. The summed E-state index contributed by atoms with van der Waals surface area (Å²) in [5.41, 5.74) is 2.82. The lowest BCUT2D eigenvalue weighted by Gasteiger charge is -2.39. The SMILES string of the molecule is Cc1ccc(C(=O)N2CCC3(CCc4c3nc(N3CCOCC3)[nH]c4=O)CC2)cc1O. The maximum atomic E-state index is 13.0. The monoisotopic (exact) mass is 424 g/mol. The zero-order chi connectivity index (χ0) is 21.6. The highest BCUT2D eigenvalue weighted by Gasteiger charge is 2.45. The molecule has 2 N–H and O–H groups in total. The van der Waals surface area contributed by atoms with Gasteiger partial charge in [-0.15, -0.1) is 0 Å². The highest BCUT2D eigenvalue weighted by Crippen LogP contribution is 2.44. The largest absolute Gasteiger partial charge is 0.508 e. The third-order valence-corrected chi connectivity index (χ3v) is 7.13. The van der Waals surface area contributed by atoms with Gasteiger partial charge in [0.1, 0.15) is 5.75 Å². The molecule has 2 fully saturated rings. The van der Waals surface area contributed by atoms with E-state index in [1.54, 1.807) is 18.2 Å². The summed E-state index contributed by atoms with van der Waals surface area (Å²) < 4.78 is 5.42. The normalized spacial score (nSPS) is 20.2. The van der Waals surface area contributed by atoms with Crippen molar-refractivity contribution in [1.82, 2.24) is 14.9 Å². The van der Waals surface area contributed by atoms with Crippen molar-refractivity contribution in [2.45, 2.75) is 38.0 Å². The molecular weight excluding hydrogens is 396 g/mol. The summed E-state index contributed by atoms with van der Waals surface area (Å²) in [5.74, 6) is 0.723. The summed E-state index contributed by atoms with van der Waals surface area (Å²) >= 11 is 0. The molecular formula is C23H28N4O4. The average Bonchev–Trinajstić information content (AvgIpc) is 3.15. The van der Waals surface area contributed by atoms with Gasteiger partial charge in [-0.3, -0.25) is 14.6 Å². The Hall–Kier alpha value is -2.87. The second-order valence-electron chi connectivity index (χ2n) is 8.89. The second kappa shape index (κ2) is 7.67. The van der Waals surface area contributed by atoms with Crippen molar-refractivity contribution >= 4 is 11.9 Å². The molecule has 1 aromatic carbocycles. The molecule has 8 nitrogen and oxygen atoms in total. The minimum Gasteiger partial charge on any atom is -0.508 e. The molecule has 3 heterocycles. The fourth-order valence-electron chi connectivity index (χ4n) is 5.11. The van der Waals surface area contributed by atoms with E-state index in [9.17, 15) is 14.7 Å². The highest BCUT2D eigenvalue weighted by atomic mass is 16.5. The molecule has 3 aliphatic rings. The van der Waals surface area contributed by atoms with E-state index in [1.165, 1.54) is 0 Å². The van der Waals surface area contributed by atoms with Crippen LogP contribution in [0.3, 0.4) is 0 Å².